The van der Waals surface area contributed by atoms with Gasteiger partial charge in [-0.3, -0.25) is 0 Å². The van der Waals surface area contributed by atoms with Crippen LogP contribution in [0, 0.1) is 0 Å². The highest BCUT2D eigenvalue weighted by molar-refractivity contribution is 6.42. The Balaban J connectivity index is 3.19. The maximum Gasteiger partial charge on any atom is 0.387 e. The van der Waals surface area contributed by atoms with Crippen LogP contribution in [0.3, 0.4) is 0 Å². The number of carboxylic acid groups (broad SMARTS) is 1. The average molecular weight is 287 g/mol. The zero-order valence-electron chi connectivity index (χ0n) is 8.03. The van der Waals surface area contributed by atoms with Gasteiger partial charge in [0.05, 0.1) is 10.0 Å². The van der Waals surface area contributed by atoms with E-state index >= 15 is 0 Å². The number of carboxylic acids is 1. The first-order valence-corrected chi connectivity index (χ1v) is 4.93. The van der Waals surface area contributed by atoms with E-state index in [1.165, 1.54) is 0 Å². The number of hydrogen-bond donors (Lipinski definition) is 2. The van der Waals surface area contributed by atoms with E-state index in [1.807, 2.05) is 0 Å². The number of alkyl halides is 2. The Morgan fingerprint density at radius 1 is 1.35 bits per heavy atom. The Labute approximate surface area is 104 Å². The van der Waals surface area contributed by atoms with Gasteiger partial charge >= 0.3 is 12.6 Å². The van der Waals surface area contributed by atoms with Crippen molar-refractivity contribution in [3.63, 3.8) is 0 Å². The topological polar surface area (TPSA) is 66.8 Å². The zero-order chi connectivity index (χ0) is 13.2. The Morgan fingerprint density at radius 3 is 2.41 bits per heavy atom. The molecule has 0 aromatic heterocycles. The fraction of sp³-hybridized carbons (Fsp3) is 0.222. The monoisotopic (exact) mass is 286 g/mol. The highest BCUT2D eigenvalue weighted by atomic mass is 35.5. The maximum atomic E-state index is 12.0. The number of carbonyl (C=O) groups is 1. The van der Waals surface area contributed by atoms with Crippen molar-refractivity contribution in [3.8, 4) is 5.75 Å². The summed E-state index contributed by atoms with van der Waals surface area (Å²) in [6, 6.07) is 1.88. The van der Waals surface area contributed by atoms with E-state index in [0.717, 1.165) is 12.1 Å². The molecule has 0 saturated heterocycles. The minimum absolute atomic E-state index is 0.194. The van der Waals surface area contributed by atoms with Crippen LogP contribution in [0.15, 0.2) is 12.1 Å². The molecule has 1 rings (SSSR count). The first-order chi connectivity index (χ1) is 7.82. The molecule has 0 aliphatic heterocycles. The fourth-order valence-corrected chi connectivity index (χ4v) is 1.52. The normalized spacial score (nSPS) is 12.6. The van der Waals surface area contributed by atoms with Gasteiger partial charge in [0.25, 0.3) is 0 Å². The molecule has 94 valence electrons. The molecule has 0 aliphatic carbocycles. The van der Waals surface area contributed by atoms with Gasteiger partial charge in [-0.1, -0.05) is 23.2 Å². The molecule has 17 heavy (non-hydrogen) atoms. The molecule has 0 saturated carbocycles. The lowest BCUT2D eigenvalue weighted by atomic mass is 10.1. The summed E-state index contributed by atoms with van der Waals surface area (Å²) in [4.78, 5) is 10.6. The van der Waals surface area contributed by atoms with Gasteiger partial charge in [0.2, 0.25) is 0 Å². The Hall–Kier alpha value is -1.11. The summed E-state index contributed by atoms with van der Waals surface area (Å²) in [5.74, 6) is -1.97. The van der Waals surface area contributed by atoms with Gasteiger partial charge < -0.3 is 14.9 Å². The lowest BCUT2D eigenvalue weighted by Gasteiger charge is -2.12. The minimum Gasteiger partial charge on any atom is -0.479 e. The predicted molar refractivity (Wildman–Crippen MR) is 55.7 cm³/mol. The summed E-state index contributed by atoms with van der Waals surface area (Å²) in [6.07, 6.45) is -1.97. The first kappa shape index (κ1) is 14.0. The number of aliphatic hydroxyl groups excluding tert-OH is 1. The van der Waals surface area contributed by atoms with Gasteiger partial charge in [-0.2, -0.15) is 8.78 Å². The Kier molecular flexibility index (Phi) is 4.50. The predicted octanol–water partition coefficient (Wildman–Crippen LogP) is 2.71. The highest BCUT2D eigenvalue weighted by Gasteiger charge is 2.22. The number of aliphatic carboxylic acids is 1. The minimum atomic E-state index is -3.10. The molecule has 0 fully saturated rings. The third-order valence-electron chi connectivity index (χ3n) is 1.78. The van der Waals surface area contributed by atoms with Crippen molar-refractivity contribution >= 4 is 29.2 Å². The smallest absolute Gasteiger partial charge is 0.387 e. The molecule has 0 aliphatic rings. The summed E-state index contributed by atoms with van der Waals surface area (Å²) in [5.41, 5.74) is -0.317. The number of aliphatic hydroxyl groups is 1. The van der Waals surface area contributed by atoms with E-state index in [1.54, 1.807) is 0 Å². The van der Waals surface area contributed by atoms with Crippen molar-refractivity contribution in [2.75, 3.05) is 0 Å². The molecular formula is C9H6Cl2F2O4. The van der Waals surface area contributed by atoms with Crippen LogP contribution in [-0.2, 0) is 4.79 Å². The first-order valence-electron chi connectivity index (χ1n) is 4.17. The molecule has 0 bridgehead atoms. The third-order valence-corrected chi connectivity index (χ3v) is 2.60. The van der Waals surface area contributed by atoms with Crippen molar-refractivity contribution in [3.05, 3.63) is 27.7 Å². The molecule has 0 heterocycles. The zero-order valence-corrected chi connectivity index (χ0v) is 9.54. The van der Waals surface area contributed by atoms with Gasteiger partial charge in [0.1, 0.15) is 5.75 Å². The van der Waals surface area contributed by atoms with E-state index in [-0.39, 0.29) is 21.4 Å². The van der Waals surface area contributed by atoms with Crippen LogP contribution in [0.5, 0.6) is 5.75 Å². The Morgan fingerprint density at radius 2 is 1.94 bits per heavy atom. The fourth-order valence-electron chi connectivity index (χ4n) is 1.09. The highest BCUT2D eigenvalue weighted by Crippen LogP contribution is 2.35. The van der Waals surface area contributed by atoms with Crippen LogP contribution >= 0.6 is 23.2 Å². The van der Waals surface area contributed by atoms with Crippen LogP contribution in [0.2, 0.25) is 10.0 Å². The lowest BCUT2D eigenvalue weighted by Crippen LogP contribution is -2.12. The standard InChI is InChI=1S/C9H6Cl2F2O4/c10-5-2-3(17-9(12)13)1-4(6(5)11)7(14)8(15)16/h1-2,7,9,14H,(H,15,16)/t7-/m1/s1. The molecule has 1 atom stereocenters. The Bertz CT molecular complexity index is 439. The summed E-state index contributed by atoms with van der Waals surface area (Å²) in [7, 11) is 0. The molecule has 0 amide bonds. The van der Waals surface area contributed by atoms with Crippen molar-refractivity contribution < 1.29 is 28.5 Å². The lowest BCUT2D eigenvalue weighted by molar-refractivity contribution is -0.146. The van der Waals surface area contributed by atoms with Crippen LogP contribution in [0.25, 0.3) is 0 Å². The summed E-state index contributed by atoms with van der Waals surface area (Å²) >= 11 is 11.2. The molecule has 8 heteroatoms. The number of halogens is 4. The summed E-state index contributed by atoms with van der Waals surface area (Å²) in [6.45, 7) is -3.10. The molecule has 1 aromatic rings. The number of hydrogen-bond acceptors (Lipinski definition) is 3. The van der Waals surface area contributed by atoms with E-state index in [2.05, 4.69) is 4.74 Å². The molecule has 1 aromatic carbocycles. The van der Waals surface area contributed by atoms with Crippen molar-refractivity contribution in [1.29, 1.82) is 0 Å². The van der Waals surface area contributed by atoms with E-state index in [0.29, 0.717) is 0 Å². The quantitative estimate of drug-likeness (QED) is 0.893. The average Bonchev–Trinajstić information content (AvgIpc) is 2.21. The second kappa shape index (κ2) is 5.48. The third kappa shape index (κ3) is 3.42. The van der Waals surface area contributed by atoms with Crippen molar-refractivity contribution in [2.24, 2.45) is 0 Å². The van der Waals surface area contributed by atoms with E-state index < -0.39 is 18.7 Å². The second-order valence-corrected chi connectivity index (χ2v) is 3.71. The maximum absolute atomic E-state index is 12.0. The van der Waals surface area contributed by atoms with Crippen LogP contribution < -0.4 is 4.74 Å². The van der Waals surface area contributed by atoms with E-state index in [9.17, 15) is 18.7 Å². The largest absolute Gasteiger partial charge is 0.479 e. The van der Waals surface area contributed by atoms with Crippen LogP contribution in [0.1, 0.15) is 11.7 Å². The van der Waals surface area contributed by atoms with Gasteiger partial charge in [-0.05, 0) is 6.07 Å². The van der Waals surface area contributed by atoms with Gasteiger partial charge in [-0.15, -0.1) is 0 Å². The number of benzene rings is 1. The molecule has 2 N–H and O–H groups in total. The molecule has 0 unspecified atom stereocenters. The second-order valence-electron chi connectivity index (χ2n) is 2.93. The summed E-state index contributed by atoms with van der Waals surface area (Å²) < 4.78 is 28.0. The molecule has 0 spiro atoms. The van der Waals surface area contributed by atoms with Crippen molar-refractivity contribution in [1.82, 2.24) is 0 Å². The summed E-state index contributed by atoms with van der Waals surface area (Å²) in [5, 5.41) is 17.4. The number of ether oxygens (including phenoxy) is 1. The number of rotatable bonds is 4. The molecule has 4 nitrogen and oxygen atoms in total. The van der Waals surface area contributed by atoms with Crippen molar-refractivity contribution in [2.45, 2.75) is 12.7 Å². The van der Waals surface area contributed by atoms with Gasteiger partial charge in [-0.25, -0.2) is 4.79 Å². The molecule has 0 radical (unpaired) electrons. The van der Waals surface area contributed by atoms with Gasteiger partial charge in [0.15, 0.2) is 6.10 Å². The molecular weight excluding hydrogens is 281 g/mol. The SMILES string of the molecule is O=C(O)[C@H](O)c1cc(OC(F)F)cc(Cl)c1Cl. The van der Waals surface area contributed by atoms with E-state index in [4.69, 9.17) is 28.3 Å². The van der Waals surface area contributed by atoms with Gasteiger partial charge in [0, 0.05) is 11.6 Å². The van der Waals surface area contributed by atoms with Crippen LogP contribution in [0.4, 0.5) is 8.78 Å². The van der Waals surface area contributed by atoms with Crippen LogP contribution in [-0.4, -0.2) is 22.8 Å².